The van der Waals surface area contributed by atoms with Gasteiger partial charge in [-0.25, -0.2) is 0 Å². The summed E-state index contributed by atoms with van der Waals surface area (Å²) >= 11 is 0. The number of rotatable bonds is 6. The van der Waals surface area contributed by atoms with E-state index in [4.69, 9.17) is 9.47 Å². The fraction of sp³-hybridized carbons (Fsp3) is 0.200. The highest BCUT2D eigenvalue weighted by Crippen LogP contribution is 2.29. The Morgan fingerprint density at radius 3 is 1.83 bits per heavy atom. The summed E-state index contributed by atoms with van der Waals surface area (Å²) in [6.45, 7) is 0. The van der Waals surface area contributed by atoms with Crippen LogP contribution in [0, 0.1) is 5.92 Å². The lowest BCUT2D eigenvalue weighted by Crippen LogP contribution is -2.31. The summed E-state index contributed by atoms with van der Waals surface area (Å²) in [6.07, 6.45) is 3.72. The summed E-state index contributed by atoms with van der Waals surface area (Å²) in [4.78, 5) is 24.4. The van der Waals surface area contributed by atoms with Gasteiger partial charge in [-0.15, -0.1) is 0 Å². The fourth-order valence-corrected chi connectivity index (χ4v) is 2.51. The monoisotopic (exact) mass is 324 g/mol. The summed E-state index contributed by atoms with van der Waals surface area (Å²) in [5.41, 5.74) is 1.82. The van der Waals surface area contributed by atoms with Gasteiger partial charge in [0.1, 0.15) is 0 Å². The van der Waals surface area contributed by atoms with E-state index in [2.05, 4.69) is 0 Å². The molecule has 4 heteroatoms. The zero-order valence-electron chi connectivity index (χ0n) is 13.7. The number of methoxy groups -OCH3 is 2. The maximum atomic E-state index is 12.2. The summed E-state index contributed by atoms with van der Waals surface area (Å²) in [6, 6.07) is 19.0. The molecule has 0 fully saturated rings. The van der Waals surface area contributed by atoms with Crippen molar-refractivity contribution >= 4 is 18.0 Å². The third-order valence-electron chi connectivity index (χ3n) is 3.75. The van der Waals surface area contributed by atoms with Gasteiger partial charge in [0.25, 0.3) is 0 Å². The van der Waals surface area contributed by atoms with E-state index in [1.165, 1.54) is 14.2 Å². The Bertz CT molecular complexity index is 676. The number of esters is 2. The average molecular weight is 324 g/mol. The maximum Gasteiger partial charge on any atom is 0.321 e. The molecule has 0 aliphatic rings. The molecule has 4 nitrogen and oxygen atoms in total. The minimum absolute atomic E-state index is 0.480. The molecule has 1 atom stereocenters. The van der Waals surface area contributed by atoms with Gasteiger partial charge < -0.3 is 9.47 Å². The van der Waals surface area contributed by atoms with Gasteiger partial charge in [-0.1, -0.05) is 72.8 Å². The molecule has 0 saturated carbocycles. The number of carbonyl (C=O) groups excluding carboxylic acids is 2. The molecule has 0 amide bonds. The fourth-order valence-electron chi connectivity index (χ4n) is 2.51. The second kappa shape index (κ2) is 8.67. The molecule has 0 aliphatic heterocycles. The van der Waals surface area contributed by atoms with Gasteiger partial charge in [0.2, 0.25) is 0 Å². The quantitative estimate of drug-likeness (QED) is 0.603. The molecule has 0 aromatic heterocycles. The Morgan fingerprint density at radius 1 is 0.833 bits per heavy atom. The molecule has 0 N–H and O–H groups in total. The standard InChI is InChI=1S/C20H20O4/c1-23-19(21)18(20(22)24-2)17(16-11-7-4-8-12-16)14-13-15-9-5-3-6-10-15/h3-14,17-18H,1-2H3/b14-13+/t17-/m1/s1. The van der Waals surface area contributed by atoms with Crippen molar-refractivity contribution in [1.82, 2.24) is 0 Å². The van der Waals surface area contributed by atoms with Crippen LogP contribution in [-0.2, 0) is 19.1 Å². The number of hydrogen-bond donors (Lipinski definition) is 0. The highest BCUT2D eigenvalue weighted by Gasteiger charge is 2.36. The minimum Gasteiger partial charge on any atom is -0.468 e. The number of allylic oxidation sites excluding steroid dienone is 1. The molecular weight excluding hydrogens is 304 g/mol. The first-order valence-corrected chi connectivity index (χ1v) is 7.61. The lowest BCUT2D eigenvalue weighted by atomic mass is 9.85. The van der Waals surface area contributed by atoms with Gasteiger partial charge in [0.05, 0.1) is 14.2 Å². The molecular formula is C20H20O4. The van der Waals surface area contributed by atoms with E-state index < -0.39 is 23.8 Å². The van der Waals surface area contributed by atoms with Crippen LogP contribution in [0.25, 0.3) is 6.08 Å². The van der Waals surface area contributed by atoms with E-state index in [0.29, 0.717) is 0 Å². The normalized spacial score (nSPS) is 12.1. The Labute approximate surface area is 141 Å². The third kappa shape index (κ3) is 4.32. The van der Waals surface area contributed by atoms with Crippen LogP contribution in [0.1, 0.15) is 17.0 Å². The predicted octanol–water partition coefficient (Wildman–Crippen LogP) is 3.45. The first-order chi connectivity index (χ1) is 11.7. The number of benzene rings is 2. The van der Waals surface area contributed by atoms with Crippen molar-refractivity contribution in [2.45, 2.75) is 5.92 Å². The lowest BCUT2D eigenvalue weighted by molar-refractivity contribution is -0.159. The van der Waals surface area contributed by atoms with Crippen LogP contribution in [0.5, 0.6) is 0 Å². The second-order valence-electron chi connectivity index (χ2n) is 5.23. The first-order valence-electron chi connectivity index (χ1n) is 7.61. The average Bonchev–Trinajstić information content (AvgIpc) is 2.65. The van der Waals surface area contributed by atoms with E-state index in [0.717, 1.165) is 11.1 Å². The molecule has 0 heterocycles. The van der Waals surface area contributed by atoms with Crippen molar-refractivity contribution in [2.24, 2.45) is 5.92 Å². The zero-order chi connectivity index (χ0) is 17.4. The molecule has 2 aromatic carbocycles. The van der Waals surface area contributed by atoms with E-state index in [1.54, 1.807) is 0 Å². The van der Waals surface area contributed by atoms with Crippen LogP contribution in [0.4, 0.5) is 0 Å². The Morgan fingerprint density at radius 2 is 1.33 bits per heavy atom. The molecule has 0 saturated heterocycles. The van der Waals surface area contributed by atoms with Crippen LogP contribution in [0.3, 0.4) is 0 Å². The van der Waals surface area contributed by atoms with Gasteiger partial charge in [0.15, 0.2) is 5.92 Å². The van der Waals surface area contributed by atoms with Crippen molar-refractivity contribution in [1.29, 1.82) is 0 Å². The number of carbonyl (C=O) groups is 2. The molecule has 0 spiro atoms. The Balaban J connectivity index is 2.43. The second-order valence-corrected chi connectivity index (χ2v) is 5.23. The molecule has 0 radical (unpaired) electrons. The van der Waals surface area contributed by atoms with Crippen LogP contribution in [-0.4, -0.2) is 26.2 Å². The third-order valence-corrected chi connectivity index (χ3v) is 3.75. The Kier molecular flexibility index (Phi) is 6.32. The summed E-state index contributed by atoms with van der Waals surface area (Å²) in [7, 11) is 2.53. The zero-order valence-corrected chi connectivity index (χ0v) is 13.7. The molecule has 124 valence electrons. The molecule has 0 bridgehead atoms. The van der Waals surface area contributed by atoms with Crippen LogP contribution in [0.2, 0.25) is 0 Å². The van der Waals surface area contributed by atoms with E-state index in [-0.39, 0.29) is 0 Å². The minimum atomic E-state index is -1.05. The van der Waals surface area contributed by atoms with Gasteiger partial charge in [0, 0.05) is 5.92 Å². The largest absolute Gasteiger partial charge is 0.468 e. The van der Waals surface area contributed by atoms with Gasteiger partial charge in [-0.2, -0.15) is 0 Å². The van der Waals surface area contributed by atoms with Crippen LogP contribution in [0.15, 0.2) is 66.7 Å². The van der Waals surface area contributed by atoms with E-state index >= 15 is 0 Å². The van der Waals surface area contributed by atoms with Crippen LogP contribution >= 0.6 is 0 Å². The topological polar surface area (TPSA) is 52.6 Å². The van der Waals surface area contributed by atoms with Gasteiger partial charge >= 0.3 is 11.9 Å². The van der Waals surface area contributed by atoms with Crippen molar-refractivity contribution in [3.8, 4) is 0 Å². The highest BCUT2D eigenvalue weighted by atomic mass is 16.5. The number of hydrogen-bond acceptors (Lipinski definition) is 4. The predicted molar refractivity (Wildman–Crippen MR) is 92.2 cm³/mol. The van der Waals surface area contributed by atoms with Crippen molar-refractivity contribution < 1.29 is 19.1 Å². The summed E-state index contributed by atoms with van der Waals surface area (Å²) in [5, 5.41) is 0. The molecule has 0 unspecified atom stereocenters. The van der Waals surface area contributed by atoms with Gasteiger partial charge in [-0.05, 0) is 11.1 Å². The highest BCUT2D eigenvalue weighted by molar-refractivity contribution is 5.96. The smallest absolute Gasteiger partial charge is 0.321 e. The SMILES string of the molecule is COC(=O)C(C(=O)OC)[C@H](/C=C/c1ccccc1)c1ccccc1. The molecule has 24 heavy (non-hydrogen) atoms. The molecule has 0 aliphatic carbocycles. The maximum absolute atomic E-state index is 12.2. The van der Waals surface area contributed by atoms with Crippen molar-refractivity contribution in [2.75, 3.05) is 14.2 Å². The van der Waals surface area contributed by atoms with Crippen LogP contribution < -0.4 is 0 Å². The lowest BCUT2D eigenvalue weighted by Gasteiger charge is -2.21. The molecule has 2 rings (SSSR count). The van der Waals surface area contributed by atoms with E-state index in [1.807, 2.05) is 72.8 Å². The summed E-state index contributed by atoms with van der Waals surface area (Å²) < 4.78 is 9.63. The van der Waals surface area contributed by atoms with E-state index in [9.17, 15) is 9.59 Å². The van der Waals surface area contributed by atoms with Gasteiger partial charge in [-0.3, -0.25) is 9.59 Å². The number of ether oxygens (including phenoxy) is 2. The Hall–Kier alpha value is -2.88. The van der Waals surface area contributed by atoms with Crippen molar-refractivity contribution in [3.63, 3.8) is 0 Å². The summed E-state index contributed by atoms with van der Waals surface area (Å²) in [5.74, 6) is -2.77. The first kappa shape index (κ1) is 17.5. The molecule has 2 aromatic rings. The van der Waals surface area contributed by atoms with Crippen molar-refractivity contribution in [3.05, 3.63) is 77.9 Å².